The van der Waals surface area contributed by atoms with E-state index in [2.05, 4.69) is 5.32 Å². The van der Waals surface area contributed by atoms with Gasteiger partial charge < -0.3 is 14.8 Å². The normalized spacial score (nSPS) is 13.8. The molecule has 0 aromatic heterocycles. The SMILES string of the molecule is CNC(CS(=O)(=O)C(C)(C)C)c1cc(OC)ccc1OC. The van der Waals surface area contributed by atoms with Crippen LogP contribution < -0.4 is 14.8 Å². The van der Waals surface area contributed by atoms with Gasteiger partial charge in [0.1, 0.15) is 11.5 Å². The predicted molar refractivity (Wildman–Crippen MR) is 84.9 cm³/mol. The molecular formula is C15H25NO4S. The lowest BCUT2D eigenvalue weighted by Crippen LogP contribution is -2.36. The molecule has 120 valence electrons. The Morgan fingerprint density at radius 2 is 1.81 bits per heavy atom. The largest absolute Gasteiger partial charge is 0.497 e. The van der Waals surface area contributed by atoms with Gasteiger partial charge in [-0.05, 0) is 46.0 Å². The second-order valence-electron chi connectivity index (χ2n) is 5.84. The summed E-state index contributed by atoms with van der Waals surface area (Å²) in [6.07, 6.45) is 0. The molecule has 1 N–H and O–H groups in total. The zero-order valence-electron chi connectivity index (χ0n) is 13.6. The summed E-state index contributed by atoms with van der Waals surface area (Å²) in [4.78, 5) is 0. The molecule has 21 heavy (non-hydrogen) atoms. The van der Waals surface area contributed by atoms with Gasteiger partial charge in [0.2, 0.25) is 0 Å². The Hall–Kier alpha value is -1.27. The Morgan fingerprint density at radius 1 is 1.19 bits per heavy atom. The summed E-state index contributed by atoms with van der Waals surface area (Å²) in [5.74, 6) is 1.30. The fraction of sp³-hybridized carbons (Fsp3) is 0.600. The predicted octanol–water partition coefficient (Wildman–Crippen LogP) is 2.18. The molecule has 0 aliphatic carbocycles. The van der Waals surface area contributed by atoms with E-state index in [1.165, 1.54) is 0 Å². The summed E-state index contributed by atoms with van der Waals surface area (Å²) >= 11 is 0. The first-order valence-corrected chi connectivity index (χ1v) is 8.43. The van der Waals surface area contributed by atoms with Crippen LogP contribution in [0.2, 0.25) is 0 Å². The maximum atomic E-state index is 12.4. The van der Waals surface area contributed by atoms with Crippen LogP contribution in [-0.2, 0) is 9.84 Å². The van der Waals surface area contributed by atoms with E-state index in [1.54, 1.807) is 60.2 Å². The lowest BCUT2D eigenvalue weighted by atomic mass is 10.1. The van der Waals surface area contributed by atoms with Crippen molar-refractivity contribution in [2.24, 2.45) is 0 Å². The van der Waals surface area contributed by atoms with Crippen molar-refractivity contribution in [3.8, 4) is 11.5 Å². The summed E-state index contributed by atoms with van der Waals surface area (Å²) < 4.78 is 34.6. The second-order valence-corrected chi connectivity index (χ2v) is 8.63. The van der Waals surface area contributed by atoms with Gasteiger partial charge in [0.25, 0.3) is 0 Å². The average Bonchev–Trinajstić information content (AvgIpc) is 2.42. The van der Waals surface area contributed by atoms with E-state index in [9.17, 15) is 8.42 Å². The van der Waals surface area contributed by atoms with Gasteiger partial charge in [-0.3, -0.25) is 0 Å². The third-order valence-electron chi connectivity index (χ3n) is 3.48. The fourth-order valence-electron chi connectivity index (χ4n) is 1.91. The molecule has 0 radical (unpaired) electrons. The van der Waals surface area contributed by atoms with Crippen LogP contribution in [0.25, 0.3) is 0 Å². The molecule has 1 aromatic rings. The molecule has 0 bridgehead atoms. The number of rotatable bonds is 6. The van der Waals surface area contributed by atoms with Gasteiger partial charge in [0.05, 0.1) is 24.7 Å². The molecule has 5 nitrogen and oxygen atoms in total. The highest BCUT2D eigenvalue weighted by Gasteiger charge is 2.32. The van der Waals surface area contributed by atoms with Crippen LogP contribution in [0.3, 0.4) is 0 Å². The molecule has 0 saturated heterocycles. The summed E-state index contributed by atoms with van der Waals surface area (Å²) in [5.41, 5.74) is 0.771. The summed E-state index contributed by atoms with van der Waals surface area (Å²) in [5, 5.41) is 3.06. The minimum atomic E-state index is -3.26. The van der Waals surface area contributed by atoms with E-state index in [4.69, 9.17) is 9.47 Å². The first-order valence-electron chi connectivity index (χ1n) is 6.77. The van der Waals surface area contributed by atoms with Gasteiger partial charge in [-0.25, -0.2) is 8.42 Å². The van der Waals surface area contributed by atoms with E-state index < -0.39 is 14.6 Å². The molecule has 1 unspecified atom stereocenters. The van der Waals surface area contributed by atoms with E-state index in [0.29, 0.717) is 11.5 Å². The van der Waals surface area contributed by atoms with Crippen molar-refractivity contribution in [1.82, 2.24) is 5.32 Å². The van der Waals surface area contributed by atoms with Gasteiger partial charge in [-0.1, -0.05) is 0 Å². The maximum Gasteiger partial charge on any atom is 0.157 e. The summed E-state index contributed by atoms with van der Waals surface area (Å²) in [6, 6.07) is 5.01. The van der Waals surface area contributed by atoms with Crippen molar-refractivity contribution < 1.29 is 17.9 Å². The molecule has 0 saturated carbocycles. The fourth-order valence-corrected chi connectivity index (χ4v) is 3.19. The molecule has 1 rings (SSSR count). The van der Waals surface area contributed by atoms with Crippen molar-refractivity contribution in [3.63, 3.8) is 0 Å². The van der Waals surface area contributed by atoms with Crippen LogP contribution in [0.5, 0.6) is 11.5 Å². The first-order chi connectivity index (χ1) is 9.66. The minimum Gasteiger partial charge on any atom is -0.497 e. The third kappa shape index (κ3) is 4.11. The summed E-state index contributed by atoms with van der Waals surface area (Å²) in [7, 11) is 1.62. The Bertz CT molecular complexity index is 576. The van der Waals surface area contributed by atoms with E-state index in [-0.39, 0.29) is 11.8 Å². The molecule has 6 heteroatoms. The van der Waals surface area contributed by atoms with Crippen molar-refractivity contribution >= 4 is 9.84 Å². The second kappa shape index (κ2) is 6.66. The molecule has 0 aliphatic heterocycles. The summed E-state index contributed by atoms with van der Waals surface area (Å²) in [6.45, 7) is 5.12. The van der Waals surface area contributed by atoms with Crippen molar-refractivity contribution in [1.29, 1.82) is 0 Å². The van der Waals surface area contributed by atoms with Crippen LogP contribution >= 0.6 is 0 Å². The molecule has 0 aliphatic rings. The highest BCUT2D eigenvalue weighted by Crippen LogP contribution is 2.31. The first kappa shape index (κ1) is 17.8. The van der Waals surface area contributed by atoms with Gasteiger partial charge in [0.15, 0.2) is 9.84 Å². The van der Waals surface area contributed by atoms with Crippen molar-refractivity contribution in [3.05, 3.63) is 23.8 Å². The number of nitrogens with one attached hydrogen (secondary N) is 1. The van der Waals surface area contributed by atoms with E-state index in [1.807, 2.05) is 0 Å². The zero-order chi connectivity index (χ0) is 16.3. The highest BCUT2D eigenvalue weighted by molar-refractivity contribution is 7.92. The van der Waals surface area contributed by atoms with Crippen LogP contribution in [0.4, 0.5) is 0 Å². The quantitative estimate of drug-likeness (QED) is 0.871. The lowest BCUT2D eigenvalue weighted by Gasteiger charge is -2.25. The lowest BCUT2D eigenvalue weighted by molar-refractivity contribution is 0.393. The van der Waals surface area contributed by atoms with Gasteiger partial charge in [0, 0.05) is 11.6 Å². The van der Waals surface area contributed by atoms with Crippen LogP contribution in [0, 0.1) is 0 Å². The van der Waals surface area contributed by atoms with Gasteiger partial charge >= 0.3 is 0 Å². The maximum absolute atomic E-state index is 12.4. The molecule has 0 amide bonds. The monoisotopic (exact) mass is 315 g/mol. The Balaban J connectivity index is 3.22. The topological polar surface area (TPSA) is 64.6 Å². The number of ether oxygens (including phenoxy) is 2. The van der Waals surface area contributed by atoms with Crippen LogP contribution in [0.15, 0.2) is 18.2 Å². The van der Waals surface area contributed by atoms with Crippen LogP contribution in [0.1, 0.15) is 32.4 Å². The Labute approximate surface area is 127 Å². The van der Waals surface area contributed by atoms with Crippen molar-refractivity contribution in [2.45, 2.75) is 31.6 Å². The van der Waals surface area contributed by atoms with Gasteiger partial charge in [-0.15, -0.1) is 0 Å². The number of hydrogen-bond acceptors (Lipinski definition) is 5. The molecule has 0 heterocycles. The molecular weight excluding hydrogens is 290 g/mol. The number of hydrogen-bond donors (Lipinski definition) is 1. The molecule has 1 aromatic carbocycles. The van der Waals surface area contributed by atoms with E-state index >= 15 is 0 Å². The molecule has 0 spiro atoms. The number of benzene rings is 1. The number of sulfone groups is 1. The Kier molecular flexibility index (Phi) is 5.64. The van der Waals surface area contributed by atoms with Crippen LogP contribution in [-0.4, -0.2) is 40.2 Å². The standard InChI is InChI=1S/C15H25NO4S/c1-15(2,3)21(17,18)10-13(16-4)12-9-11(19-5)7-8-14(12)20-6/h7-9,13,16H,10H2,1-6H3. The van der Waals surface area contributed by atoms with E-state index in [0.717, 1.165) is 5.56 Å². The average molecular weight is 315 g/mol. The molecule has 1 atom stereocenters. The highest BCUT2D eigenvalue weighted by atomic mass is 32.2. The number of methoxy groups -OCH3 is 2. The molecule has 0 fully saturated rings. The minimum absolute atomic E-state index is 0.00344. The Morgan fingerprint density at radius 3 is 2.24 bits per heavy atom. The van der Waals surface area contributed by atoms with Gasteiger partial charge in [-0.2, -0.15) is 0 Å². The third-order valence-corrected chi connectivity index (χ3v) is 6.12. The zero-order valence-corrected chi connectivity index (χ0v) is 14.4. The van der Waals surface area contributed by atoms with Crippen molar-refractivity contribution in [2.75, 3.05) is 27.0 Å². The smallest absolute Gasteiger partial charge is 0.157 e.